The first-order chi connectivity index (χ1) is 21.2. The van der Waals surface area contributed by atoms with Crippen molar-refractivity contribution in [1.82, 2.24) is 10.2 Å². The second kappa shape index (κ2) is 13.5. The molecule has 0 aliphatic carbocycles. The van der Waals surface area contributed by atoms with E-state index in [0.29, 0.717) is 24.9 Å². The number of benzene rings is 1. The van der Waals surface area contributed by atoms with E-state index in [4.69, 9.17) is 9.47 Å². The van der Waals surface area contributed by atoms with Crippen LogP contribution in [-0.4, -0.2) is 96.9 Å². The van der Waals surface area contributed by atoms with E-state index < -0.39 is 41.7 Å². The van der Waals surface area contributed by atoms with Gasteiger partial charge >= 0.3 is 5.97 Å². The number of aliphatic hydroxyl groups is 1. The Morgan fingerprint density at radius 3 is 2.50 bits per heavy atom. The van der Waals surface area contributed by atoms with Crippen LogP contribution in [0.2, 0.25) is 0 Å². The summed E-state index contributed by atoms with van der Waals surface area (Å²) in [6.45, 7) is 8.14. The summed E-state index contributed by atoms with van der Waals surface area (Å²) in [5.41, 5.74) is 0.376. The normalized spacial score (nSPS) is 31.2. The van der Waals surface area contributed by atoms with Crippen molar-refractivity contribution in [2.45, 2.75) is 70.3 Å². The molecule has 11 heteroatoms. The van der Waals surface area contributed by atoms with E-state index in [0.717, 1.165) is 18.8 Å². The molecule has 238 valence electrons. The molecule has 3 amide bonds. The standard InChI is InChI=1S/C33H44N4O7/c1-4-35(5-2)23-12-14-24(15-13-23)36-18-8-6-7-11-26(39)34-21-22(3)43-32(42)27-25-16-17-33(44-25)28(27)30(40)37(19-9-10-20-38)29(33)31(36)41/h6,8,12-17,22,25,27-29,38H,4-5,7,9-11,18-21H2,1-3H3,(H,34,39)/b8-6-/t22-,25+,27-,28-,29+,33-/m0/s1. The largest absolute Gasteiger partial charge is 0.460 e. The monoisotopic (exact) mass is 608 g/mol. The summed E-state index contributed by atoms with van der Waals surface area (Å²) in [6.07, 6.45) is 7.67. The molecular weight excluding hydrogens is 564 g/mol. The highest BCUT2D eigenvalue weighted by Crippen LogP contribution is 2.55. The number of rotatable bonds is 8. The molecule has 2 N–H and O–H groups in total. The van der Waals surface area contributed by atoms with Gasteiger partial charge in [0.15, 0.2) is 0 Å². The molecule has 0 saturated carbocycles. The molecule has 5 rings (SSSR count). The zero-order valence-electron chi connectivity index (χ0n) is 25.8. The highest BCUT2D eigenvalue weighted by Gasteiger charge is 2.73. The van der Waals surface area contributed by atoms with Crippen molar-refractivity contribution in [2.24, 2.45) is 11.8 Å². The van der Waals surface area contributed by atoms with Crippen LogP contribution in [0.25, 0.3) is 0 Å². The highest BCUT2D eigenvalue weighted by molar-refractivity contribution is 6.05. The molecular formula is C33H44N4O7. The number of ether oxygens (including phenoxy) is 2. The van der Waals surface area contributed by atoms with Gasteiger partial charge in [0.2, 0.25) is 11.8 Å². The summed E-state index contributed by atoms with van der Waals surface area (Å²) in [7, 11) is 0. The zero-order valence-corrected chi connectivity index (χ0v) is 25.8. The Balaban J connectivity index is 1.56. The third-order valence-corrected chi connectivity index (χ3v) is 9.14. The lowest BCUT2D eigenvalue weighted by Crippen LogP contribution is -2.56. The smallest absolute Gasteiger partial charge is 0.313 e. The minimum atomic E-state index is -1.32. The van der Waals surface area contributed by atoms with E-state index in [1.807, 2.05) is 36.4 Å². The highest BCUT2D eigenvalue weighted by atomic mass is 16.6. The van der Waals surface area contributed by atoms with Gasteiger partial charge in [0.25, 0.3) is 5.91 Å². The van der Waals surface area contributed by atoms with Gasteiger partial charge in [-0.25, -0.2) is 0 Å². The van der Waals surface area contributed by atoms with E-state index in [-0.39, 0.29) is 50.4 Å². The van der Waals surface area contributed by atoms with Crippen molar-refractivity contribution in [3.63, 3.8) is 0 Å². The van der Waals surface area contributed by atoms with Crippen molar-refractivity contribution < 1.29 is 33.8 Å². The Labute approximate surface area is 258 Å². The van der Waals surface area contributed by atoms with E-state index in [2.05, 4.69) is 24.1 Å². The second-order valence-corrected chi connectivity index (χ2v) is 11.9. The molecule has 1 aromatic rings. The number of cyclic esters (lactones) is 1. The Hall–Kier alpha value is -3.70. The number of allylic oxidation sites excluding steroid dienone is 1. The number of anilines is 2. The number of fused-ring (bicyclic) bond motifs is 2. The SMILES string of the molecule is CCN(CC)c1ccc(N2C/C=C\CCC(=O)NC[C@H](C)OC(=O)[C@@H]3[C@H]4C(=O)N(CCCCO)[C@H](C2=O)[C@]42C=C[C@H]3O2)cc1. The van der Waals surface area contributed by atoms with E-state index in [1.54, 1.807) is 28.9 Å². The third kappa shape index (κ3) is 5.87. The first-order valence-corrected chi connectivity index (χ1v) is 15.8. The predicted octanol–water partition coefficient (Wildman–Crippen LogP) is 2.19. The van der Waals surface area contributed by atoms with E-state index in [9.17, 15) is 24.3 Å². The van der Waals surface area contributed by atoms with Crippen LogP contribution >= 0.6 is 0 Å². The fourth-order valence-electron chi connectivity index (χ4n) is 6.93. The number of hydrogen-bond acceptors (Lipinski definition) is 8. The summed E-state index contributed by atoms with van der Waals surface area (Å²) >= 11 is 0. The Bertz CT molecular complexity index is 1290. The van der Waals surface area contributed by atoms with Gasteiger partial charge in [-0.3, -0.25) is 19.2 Å². The van der Waals surface area contributed by atoms with Gasteiger partial charge in [-0.05, 0) is 64.3 Å². The number of likely N-dealkylation sites (tertiary alicyclic amines) is 1. The third-order valence-electron chi connectivity index (χ3n) is 9.14. The van der Waals surface area contributed by atoms with Crippen molar-refractivity contribution in [3.05, 3.63) is 48.6 Å². The predicted molar refractivity (Wildman–Crippen MR) is 165 cm³/mol. The molecule has 6 atom stereocenters. The Kier molecular flexibility index (Phi) is 9.75. The molecule has 5 bridgehead atoms. The number of unbranched alkanes of at least 4 members (excludes halogenated alkanes) is 1. The summed E-state index contributed by atoms with van der Waals surface area (Å²) in [5, 5.41) is 12.3. The molecule has 4 heterocycles. The number of nitrogens with zero attached hydrogens (tertiary/aromatic N) is 3. The van der Waals surface area contributed by atoms with Gasteiger partial charge in [0.1, 0.15) is 23.7 Å². The lowest BCUT2D eigenvalue weighted by Gasteiger charge is -2.36. The maximum Gasteiger partial charge on any atom is 0.313 e. The molecule has 0 radical (unpaired) electrons. The van der Waals surface area contributed by atoms with Crippen molar-refractivity contribution in [3.8, 4) is 0 Å². The fourth-order valence-corrected chi connectivity index (χ4v) is 6.93. The van der Waals surface area contributed by atoms with Crippen molar-refractivity contribution >= 4 is 35.1 Å². The van der Waals surface area contributed by atoms with Crippen LogP contribution in [-0.2, 0) is 28.7 Å². The quantitative estimate of drug-likeness (QED) is 0.261. The van der Waals surface area contributed by atoms with E-state index in [1.165, 1.54) is 0 Å². The van der Waals surface area contributed by atoms with Gasteiger partial charge in [0.05, 0.1) is 18.6 Å². The molecule has 1 spiro atoms. The van der Waals surface area contributed by atoms with Crippen LogP contribution in [0.15, 0.2) is 48.6 Å². The summed E-state index contributed by atoms with van der Waals surface area (Å²) in [4.78, 5) is 60.3. The van der Waals surface area contributed by atoms with Crippen LogP contribution in [0.4, 0.5) is 11.4 Å². The molecule has 4 aliphatic rings. The molecule has 0 aromatic heterocycles. The average molecular weight is 609 g/mol. The lowest BCUT2D eigenvalue weighted by molar-refractivity contribution is -0.158. The molecule has 44 heavy (non-hydrogen) atoms. The molecule has 0 unspecified atom stereocenters. The maximum absolute atomic E-state index is 14.8. The summed E-state index contributed by atoms with van der Waals surface area (Å²) in [5.74, 6) is -3.24. The van der Waals surface area contributed by atoms with Gasteiger partial charge in [-0.15, -0.1) is 0 Å². The number of esters is 1. The number of amides is 3. The number of carbonyl (C=O) groups is 4. The van der Waals surface area contributed by atoms with E-state index >= 15 is 0 Å². The van der Waals surface area contributed by atoms with Crippen LogP contribution < -0.4 is 15.1 Å². The first kappa shape index (κ1) is 31.7. The van der Waals surface area contributed by atoms with Gasteiger partial charge in [-0.2, -0.15) is 0 Å². The summed E-state index contributed by atoms with van der Waals surface area (Å²) < 4.78 is 12.2. The van der Waals surface area contributed by atoms with Gasteiger partial charge < -0.3 is 34.6 Å². The molecule has 4 aliphatic heterocycles. The van der Waals surface area contributed by atoms with Gasteiger partial charge in [0, 0.05) is 50.6 Å². The van der Waals surface area contributed by atoms with Crippen LogP contribution in [0, 0.1) is 11.8 Å². The number of nitrogens with one attached hydrogen (secondary N) is 1. The molecule has 1 aromatic carbocycles. The molecule has 2 saturated heterocycles. The lowest BCUT2D eigenvalue weighted by atomic mass is 9.74. The number of carbonyl (C=O) groups excluding carboxylic acids is 4. The molecule has 11 nitrogen and oxygen atoms in total. The number of hydrogen-bond donors (Lipinski definition) is 2. The number of aliphatic hydroxyl groups excluding tert-OH is 1. The zero-order chi connectivity index (χ0) is 31.4. The fraction of sp³-hybridized carbons (Fsp3) is 0.576. The van der Waals surface area contributed by atoms with Crippen molar-refractivity contribution in [2.75, 3.05) is 49.1 Å². The minimum absolute atomic E-state index is 0.0348. The van der Waals surface area contributed by atoms with Crippen LogP contribution in [0.3, 0.4) is 0 Å². The van der Waals surface area contributed by atoms with Crippen LogP contribution in [0.5, 0.6) is 0 Å². The van der Waals surface area contributed by atoms with Gasteiger partial charge in [-0.1, -0.05) is 24.3 Å². The Morgan fingerprint density at radius 2 is 1.80 bits per heavy atom. The van der Waals surface area contributed by atoms with Crippen LogP contribution in [0.1, 0.15) is 46.5 Å². The molecule has 2 fully saturated rings. The summed E-state index contributed by atoms with van der Waals surface area (Å²) in [6, 6.07) is 6.77. The first-order valence-electron chi connectivity index (χ1n) is 15.8. The maximum atomic E-state index is 14.8. The van der Waals surface area contributed by atoms with Crippen molar-refractivity contribution in [1.29, 1.82) is 0 Å². The average Bonchev–Trinajstić information content (AvgIpc) is 3.66. The minimum Gasteiger partial charge on any atom is -0.460 e. The second-order valence-electron chi connectivity index (χ2n) is 11.9. The topological polar surface area (TPSA) is 129 Å². The Morgan fingerprint density at radius 1 is 1.05 bits per heavy atom.